The highest BCUT2D eigenvalue weighted by Crippen LogP contribution is 2.28. The Morgan fingerprint density at radius 2 is 2.00 bits per heavy atom. The van der Waals surface area contributed by atoms with Crippen molar-refractivity contribution in [2.24, 2.45) is 0 Å². The van der Waals surface area contributed by atoms with Gasteiger partial charge in [-0.1, -0.05) is 18.2 Å². The number of benzene rings is 2. The maximum absolute atomic E-state index is 12.7. The molecule has 0 saturated heterocycles. The van der Waals surface area contributed by atoms with Gasteiger partial charge in [0.25, 0.3) is 0 Å². The summed E-state index contributed by atoms with van der Waals surface area (Å²) >= 11 is 0. The van der Waals surface area contributed by atoms with Gasteiger partial charge in [0.05, 0.1) is 5.56 Å². The fourth-order valence-electron chi connectivity index (χ4n) is 3.88. The van der Waals surface area contributed by atoms with Crippen molar-refractivity contribution in [3.05, 3.63) is 76.0 Å². The Bertz CT molecular complexity index is 1400. The van der Waals surface area contributed by atoms with E-state index in [1.165, 1.54) is 30.2 Å². The minimum Gasteiger partial charge on any atom is -0.422 e. The number of anilines is 1. The Morgan fingerprint density at radius 3 is 2.81 bits per heavy atom. The monoisotopic (exact) mass is 410 g/mol. The Balaban J connectivity index is 1.46. The van der Waals surface area contributed by atoms with Crippen molar-refractivity contribution >= 4 is 22.2 Å². The number of nitrogens with one attached hydrogen (secondary N) is 2. The number of H-pyrrole nitrogens is 1. The van der Waals surface area contributed by atoms with E-state index in [0.29, 0.717) is 16.8 Å². The van der Waals surface area contributed by atoms with E-state index < -0.39 is 0 Å². The summed E-state index contributed by atoms with van der Waals surface area (Å²) in [6.45, 7) is 0. The largest absolute Gasteiger partial charge is 0.422 e. The first-order valence-electron chi connectivity index (χ1n) is 10.0. The summed E-state index contributed by atoms with van der Waals surface area (Å²) in [7, 11) is 0. The van der Waals surface area contributed by atoms with E-state index in [1.807, 2.05) is 30.3 Å². The average Bonchev–Trinajstić information content (AvgIpc) is 3.33. The zero-order chi connectivity index (χ0) is 21.2. The van der Waals surface area contributed by atoms with E-state index in [0.717, 1.165) is 23.8 Å². The van der Waals surface area contributed by atoms with Crippen molar-refractivity contribution in [3.8, 4) is 17.2 Å². The van der Waals surface area contributed by atoms with Crippen LogP contribution in [0.5, 0.6) is 0 Å². The topological polar surface area (TPSA) is 120 Å². The number of aryl methyl sites for hydroxylation is 2. The van der Waals surface area contributed by atoms with Gasteiger partial charge in [-0.3, -0.25) is 0 Å². The first kappa shape index (κ1) is 18.8. The number of nitrogens with zero attached hydrogens (tertiary/aromatic N) is 4. The molecular formula is C23H18N6O2. The third-order valence-electron chi connectivity index (χ3n) is 5.49. The van der Waals surface area contributed by atoms with Crippen LogP contribution in [0.15, 0.2) is 57.9 Å². The molecule has 0 aliphatic heterocycles. The summed E-state index contributed by atoms with van der Waals surface area (Å²) in [5.74, 6) is 0.192. The maximum atomic E-state index is 12.7. The lowest BCUT2D eigenvalue weighted by Gasteiger charge is -2.16. The van der Waals surface area contributed by atoms with Gasteiger partial charge in [-0.15, -0.1) is 10.2 Å². The zero-order valence-electron chi connectivity index (χ0n) is 16.6. The number of aromatic nitrogens is 4. The smallest absolute Gasteiger partial charge is 0.344 e. The summed E-state index contributed by atoms with van der Waals surface area (Å²) in [4.78, 5) is 12.7. The van der Waals surface area contributed by atoms with Crippen molar-refractivity contribution in [2.45, 2.75) is 25.7 Å². The lowest BCUT2D eigenvalue weighted by Crippen LogP contribution is -2.06. The van der Waals surface area contributed by atoms with Crippen molar-refractivity contribution in [2.75, 3.05) is 5.32 Å². The van der Waals surface area contributed by atoms with Crippen LogP contribution in [0.4, 0.5) is 5.69 Å². The van der Waals surface area contributed by atoms with E-state index in [9.17, 15) is 10.1 Å². The maximum Gasteiger partial charge on any atom is 0.344 e. The van der Waals surface area contributed by atoms with Crippen LogP contribution in [0.2, 0.25) is 0 Å². The molecule has 0 atom stereocenters. The molecule has 2 N–H and O–H groups in total. The van der Waals surface area contributed by atoms with Gasteiger partial charge in [0.15, 0.2) is 0 Å². The van der Waals surface area contributed by atoms with E-state index in [4.69, 9.17) is 4.42 Å². The van der Waals surface area contributed by atoms with E-state index in [-0.39, 0.29) is 17.0 Å². The van der Waals surface area contributed by atoms with Gasteiger partial charge in [0.1, 0.15) is 17.2 Å². The summed E-state index contributed by atoms with van der Waals surface area (Å²) in [5, 5.41) is 26.4. The molecule has 0 bridgehead atoms. The molecule has 8 nitrogen and oxygen atoms in total. The Labute approximate surface area is 177 Å². The molecule has 5 rings (SSSR count). The molecule has 1 aliphatic rings. The molecule has 0 spiro atoms. The molecule has 0 radical (unpaired) electrons. The molecule has 2 aromatic carbocycles. The number of hydrogen-bond acceptors (Lipinski definition) is 7. The molecule has 1 aliphatic carbocycles. The quantitative estimate of drug-likeness (QED) is 0.387. The molecule has 8 heteroatoms. The van der Waals surface area contributed by atoms with Crippen LogP contribution in [0.25, 0.3) is 27.7 Å². The van der Waals surface area contributed by atoms with Gasteiger partial charge in [-0.25, -0.2) is 4.79 Å². The SMILES string of the molecule is N#CC(=CNc1ccc2cc(-c3ccc4c(c3)CCCC4)c(=O)oc2c1)c1nn[nH]n1. The molecule has 4 aromatic rings. The van der Waals surface area contributed by atoms with Crippen molar-refractivity contribution in [1.82, 2.24) is 20.6 Å². The predicted molar refractivity (Wildman–Crippen MR) is 116 cm³/mol. The van der Waals surface area contributed by atoms with E-state index in [1.54, 1.807) is 6.07 Å². The molecular weight excluding hydrogens is 392 g/mol. The summed E-state index contributed by atoms with van der Waals surface area (Å²) in [6, 6.07) is 15.6. The van der Waals surface area contributed by atoms with Gasteiger partial charge in [0.2, 0.25) is 5.82 Å². The standard InChI is InChI=1S/C23H18N6O2/c24-12-18(22-26-28-29-27-22)13-25-19-8-7-17-10-20(23(30)31-21(17)11-19)16-6-5-14-3-1-2-4-15(14)9-16/h5-11,13,25H,1-4H2,(H,26,27,28,29). The molecule has 2 aromatic heterocycles. The Kier molecular flexibility index (Phi) is 4.77. The minimum absolute atomic E-state index is 0.192. The fourth-order valence-corrected chi connectivity index (χ4v) is 3.88. The van der Waals surface area contributed by atoms with E-state index >= 15 is 0 Å². The average molecular weight is 410 g/mol. The minimum atomic E-state index is -0.375. The normalized spacial score (nSPS) is 13.6. The first-order valence-corrected chi connectivity index (χ1v) is 10.0. The van der Waals surface area contributed by atoms with Crippen LogP contribution in [-0.4, -0.2) is 20.6 Å². The third-order valence-corrected chi connectivity index (χ3v) is 5.49. The molecule has 0 amide bonds. The van der Waals surface area contributed by atoms with Gasteiger partial charge < -0.3 is 9.73 Å². The van der Waals surface area contributed by atoms with Gasteiger partial charge in [-0.05, 0) is 65.8 Å². The van der Waals surface area contributed by atoms with Crippen LogP contribution < -0.4 is 10.9 Å². The summed E-state index contributed by atoms with van der Waals surface area (Å²) in [5.41, 5.74) is 5.12. The molecule has 152 valence electrons. The highest BCUT2D eigenvalue weighted by molar-refractivity contribution is 5.85. The number of allylic oxidation sites excluding steroid dienone is 1. The van der Waals surface area contributed by atoms with Crippen LogP contribution in [0, 0.1) is 11.3 Å². The number of aromatic amines is 1. The second-order valence-electron chi connectivity index (χ2n) is 7.44. The second kappa shape index (κ2) is 7.88. The van der Waals surface area contributed by atoms with Crippen molar-refractivity contribution in [1.29, 1.82) is 5.26 Å². The fraction of sp³-hybridized carbons (Fsp3) is 0.174. The lowest BCUT2D eigenvalue weighted by atomic mass is 9.89. The summed E-state index contributed by atoms with van der Waals surface area (Å²) < 4.78 is 5.62. The molecule has 0 fully saturated rings. The van der Waals surface area contributed by atoms with Crippen LogP contribution >= 0.6 is 0 Å². The zero-order valence-corrected chi connectivity index (χ0v) is 16.6. The number of hydrogen-bond donors (Lipinski definition) is 2. The molecule has 0 unspecified atom stereocenters. The number of fused-ring (bicyclic) bond motifs is 2. The van der Waals surface area contributed by atoms with E-state index in [2.05, 4.69) is 38.1 Å². The first-order chi connectivity index (χ1) is 15.2. The number of nitriles is 1. The van der Waals surface area contributed by atoms with Crippen molar-refractivity contribution in [3.63, 3.8) is 0 Å². The second-order valence-corrected chi connectivity index (χ2v) is 7.44. The van der Waals surface area contributed by atoms with Gasteiger partial charge >= 0.3 is 5.63 Å². The molecule has 31 heavy (non-hydrogen) atoms. The summed E-state index contributed by atoms with van der Waals surface area (Å²) in [6.07, 6.45) is 6.05. The lowest BCUT2D eigenvalue weighted by molar-refractivity contribution is 0.563. The van der Waals surface area contributed by atoms with Crippen molar-refractivity contribution < 1.29 is 4.42 Å². The molecule has 2 heterocycles. The third kappa shape index (κ3) is 3.69. The highest BCUT2D eigenvalue weighted by Gasteiger charge is 2.13. The highest BCUT2D eigenvalue weighted by atomic mass is 16.4. The van der Waals surface area contributed by atoms with Crippen LogP contribution in [0.1, 0.15) is 29.8 Å². The van der Waals surface area contributed by atoms with Crippen LogP contribution in [0.3, 0.4) is 0 Å². The van der Waals surface area contributed by atoms with Gasteiger partial charge in [-0.2, -0.15) is 10.5 Å². The Hall–Kier alpha value is -4.25. The molecule has 0 saturated carbocycles. The Morgan fingerprint density at radius 1 is 1.13 bits per heavy atom. The number of rotatable bonds is 4. The van der Waals surface area contributed by atoms with Gasteiger partial charge in [0, 0.05) is 23.3 Å². The predicted octanol–water partition coefficient (Wildman–Crippen LogP) is 3.83. The number of tetrazole rings is 1. The van der Waals surface area contributed by atoms with Crippen LogP contribution in [-0.2, 0) is 12.8 Å².